The molecule has 2 aromatic carbocycles. The predicted octanol–water partition coefficient (Wildman–Crippen LogP) is 4.32. The first-order chi connectivity index (χ1) is 12.8. The summed E-state index contributed by atoms with van der Waals surface area (Å²) in [6, 6.07) is 11.5. The van der Waals surface area contributed by atoms with Gasteiger partial charge in [0.05, 0.1) is 12.7 Å². The van der Waals surface area contributed by atoms with Gasteiger partial charge in [-0.25, -0.2) is 13.1 Å². The number of nitriles is 1. The number of nitrogens with zero attached hydrogens (tertiary/aromatic N) is 1. The average molecular weight is 425 g/mol. The number of hydrogen-bond donors (Lipinski definition) is 1. The predicted molar refractivity (Wildman–Crippen MR) is 105 cm³/mol. The fourth-order valence-corrected chi connectivity index (χ4v) is 5.32. The third-order valence-corrected chi connectivity index (χ3v) is 7.03. The van der Waals surface area contributed by atoms with E-state index < -0.39 is 15.6 Å². The Morgan fingerprint density at radius 3 is 2.52 bits per heavy atom. The van der Waals surface area contributed by atoms with Crippen molar-refractivity contribution in [3.05, 3.63) is 57.6 Å². The largest absolute Gasteiger partial charge is 0.497 e. The van der Waals surface area contributed by atoms with Gasteiger partial charge in [0, 0.05) is 15.6 Å². The monoisotopic (exact) mass is 424 g/mol. The minimum atomic E-state index is -3.88. The topological polar surface area (TPSA) is 79.2 Å². The zero-order chi connectivity index (χ0) is 19.7. The normalized spacial score (nSPS) is 15.6. The highest BCUT2D eigenvalue weighted by atomic mass is 35.5. The first-order valence-electron chi connectivity index (χ1n) is 8.35. The van der Waals surface area contributed by atoms with Crippen LogP contribution in [-0.2, 0) is 16.4 Å². The minimum absolute atomic E-state index is 0.0425. The molecule has 0 atom stereocenters. The number of rotatable bonds is 6. The standard InChI is InChI=1S/C19H18Cl2N2O3S/c1-26-16-5-6-18(14(9-16)12-22)27(24,25)23-19(7-2-8-19)11-13-3-4-15(20)10-17(13)21/h3-6,9-10,23H,2,7-8,11H2,1H3. The van der Waals surface area contributed by atoms with E-state index in [0.717, 1.165) is 12.0 Å². The van der Waals surface area contributed by atoms with Gasteiger partial charge in [-0.05, 0) is 61.6 Å². The van der Waals surface area contributed by atoms with E-state index in [-0.39, 0.29) is 10.5 Å². The van der Waals surface area contributed by atoms with Crippen LogP contribution in [0.3, 0.4) is 0 Å². The van der Waals surface area contributed by atoms with E-state index in [1.54, 1.807) is 12.1 Å². The Labute approximate surface area is 168 Å². The number of ether oxygens (including phenoxy) is 1. The molecular weight excluding hydrogens is 407 g/mol. The molecule has 0 bridgehead atoms. The van der Waals surface area contributed by atoms with Crippen molar-refractivity contribution in [1.29, 1.82) is 5.26 Å². The number of sulfonamides is 1. The quantitative estimate of drug-likeness (QED) is 0.748. The lowest BCUT2D eigenvalue weighted by Gasteiger charge is -2.42. The molecule has 0 aliphatic heterocycles. The van der Waals surface area contributed by atoms with E-state index in [0.29, 0.717) is 35.1 Å². The number of benzene rings is 2. The smallest absolute Gasteiger partial charge is 0.242 e. The molecule has 2 aromatic rings. The molecule has 1 aliphatic carbocycles. The molecule has 0 aromatic heterocycles. The summed E-state index contributed by atoms with van der Waals surface area (Å²) in [5, 5.41) is 10.4. The molecule has 0 unspecified atom stereocenters. The van der Waals surface area contributed by atoms with E-state index in [2.05, 4.69) is 4.72 Å². The van der Waals surface area contributed by atoms with Gasteiger partial charge in [-0.2, -0.15) is 5.26 Å². The van der Waals surface area contributed by atoms with Crippen LogP contribution in [0.4, 0.5) is 0 Å². The van der Waals surface area contributed by atoms with Gasteiger partial charge < -0.3 is 4.74 Å². The van der Waals surface area contributed by atoms with Crippen molar-refractivity contribution >= 4 is 33.2 Å². The summed E-state index contributed by atoms with van der Waals surface area (Å²) in [5.74, 6) is 0.428. The zero-order valence-electron chi connectivity index (χ0n) is 14.6. The maximum absolute atomic E-state index is 13.0. The summed E-state index contributed by atoms with van der Waals surface area (Å²) in [5.41, 5.74) is 0.253. The van der Waals surface area contributed by atoms with Gasteiger partial charge in [0.25, 0.3) is 0 Å². The van der Waals surface area contributed by atoms with Crippen LogP contribution >= 0.6 is 23.2 Å². The Bertz CT molecular complexity index is 1010. The summed E-state index contributed by atoms with van der Waals surface area (Å²) in [7, 11) is -2.42. The number of hydrogen-bond acceptors (Lipinski definition) is 4. The second-order valence-corrected chi connectivity index (χ2v) is 9.12. The molecule has 1 fully saturated rings. The second kappa shape index (κ2) is 7.69. The fraction of sp³-hybridized carbons (Fsp3) is 0.316. The SMILES string of the molecule is COc1ccc(S(=O)(=O)NC2(Cc3ccc(Cl)cc3Cl)CCC2)c(C#N)c1. The fourth-order valence-electron chi connectivity index (χ4n) is 3.25. The van der Waals surface area contributed by atoms with Crippen LogP contribution in [0, 0.1) is 11.3 Å². The first kappa shape index (κ1) is 20.0. The summed E-state index contributed by atoms with van der Waals surface area (Å²) in [6.45, 7) is 0. The van der Waals surface area contributed by atoms with Crippen LogP contribution < -0.4 is 9.46 Å². The lowest BCUT2D eigenvalue weighted by molar-refractivity contribution is 0.220. The summed E-state index contributed by atoms with van der Waals surface area (Å²) in [6.07, 6.45) is 2.77. The van der Waals surface area contributed by atoms with Crippen molar-refractivity contribution in [1.82, 2.24) is 4.72 Å². The molecule has 27 heavy (non-hydrogen) atoms. The average Bonchev–Trinajstić information content (AvgIpc) is 2.61. The summed E-state index contributed by atoms with van der Waals surface area (Å²) < 4.78 is 33.9. The van der Waals surface area contributed by atoms with Gasteiger partial charge >= 0.3 is 0 Å². The van der Waals surface area contributed by atoms with Crippen LogP contribution in [-0.4, -0.2) is 21.1 Å². The summed E-state index contributed by atoms with van der Waals surface area (Å²) in [4.78, 5) is -0.0562. The molecule has 1 saturated carbocycles. The van der Waals surface area contributed by atoms with Crippen LogP contribution in [0.2, 0.25) is 10.0 Å². The molecule has 0 spiro atoms. The highest BCUT2D eigenvalue weighted by molar-refractivity contribution is 7.89. The van der Waals surface area contributed by atoms with Gasteiger partial charge in [0.2, 0.25) is 10.0 Å². The van der Waals surface area contributed by atoms with Gasteiger partial charge in [-0.1, -0.05) is 29.3 Å². The molecule has 5 nitrogen and oxygen atoms in total. The van der Waals surface area contributed by atoms with Crippen molar-refractivity contribution in [2.75, 3.05) is 7.11 Å². The second-order valence-electron chi connectivity index (χ2n) is 6.63. The number of methoxy groups -OCH3 is 1. The third kappa shape index (κ3) is 4.22. The molecule has 8 heteroatoms. The third-order valence-electron chi connectivity index (χ3n) is 4.80. The molecule has 0 heterocycles. The van der Waals surface area contributed by atoms with E-state index in [9.17, 15) is 13.7 Å². The van der Waals surface area contributed by atoms with Gasteiger partial charge in [0.1, 0.15) is 16.7 Å². The van der Waals surface area contributed by atoms with Crippen molar-refractivity contribution in [2.45, 2.75) is 36.1 Å². The molecule has 1 aliphatic rings. The Morgan fingerprint density at radius 2 is 1.96 bits per heavy atom. The lowest BCUT2D eigenvalue weighted by Crippen LogP contribution is -2.55. The van der Waals surface area contributed by atoms with Crippen molar-refractivity contribution in [2.24, 2.45) is 0 Å². The molecule has 142 valence electrons. The number of halogens is 2. The van der Waals surface area contributed by atoms with E-state index in [4.69, 9.17) is 27.9 Å². The molecule has 1 N–H and O–H groups in total. The maximum atomic E-state index is 13.0. The lowest BCUT2D eigenvalue weighted by atomic mass is 9.74. The molecule has 0 amide bonds. The zero-order valence-corrected chi connectivity index (χ0v) is 17.0. The van der Waals surface area contributed by atoms with Crippen LogP contribution in [0.1, 0.15) is 30.4 Å². The Kier molecular flexibility index (Phi) is 5.68. The molecule has 0 saturated heterocycles. The minimum Gasteiger partial charge on any atom is -0.497 e. The van der Waals surface area contributed by atoms with Crippen molar-refractivity contribution in [3.8, 4) is 11.8 Å². The van der Waals surface area contributed by atoms with E-state index in [1.165, 1.54) is 25.3 Å². The van der Waals surface area contributed by atoms with E-state index >= 15 is 0 Å². The maximum Gasteiger partial charge on any atom is 0.242 e. The molecular formula is C19H18Cl2N2O3S. The molecule has 0 radical (unpaired) electrons. The molecule has 3 rings (SSSR count). The van der Waals surface area contributed by atoms with Crippen molar-refractivity contribution in [3.63, 3.8) is 0 Å². The Balaban J connectivity index is 1.90. The van der Waals surface area contributed by atoms with E-state index in [1.807, 2.05) is 12.1 Å². The summed E-state index contributed by atoms with van der Waals surface area (Å²) >= 11 is 12.2. The highest BCUT2D eigenvalue weighted by Crippen LogP contribution is 2.38. The van der Waals surface area contributed by atoms with Crippen LogP contribution in [0.15, 0.2) is 41.3 Å². The van der Waals surface area contributed by atoms with Gasteiger partial charge in [-0.15, -0.1) is 0 Å². The van der Waals surface area contributed by atoms with Crippen LogP contribution in [0.25, 0.3) is 0 Å². The Hall–Kier alpha value is -1.78. The highest BCUT2D eigenvalue weighted by Gasteiger charge is 2.41. The number of nitrogens with one attached hydrogen (secondary N) is 1. The van der Waals surface area contributed by atoms with Gasteiger partial charge in [0.15, 0.2) is 0 Å². The van der Waals surface area contributed by atoms with Crippen molar-refractivity contribution < 1.29 is 13.2 Å². The van der Waals surface area contributed by atoms with Crippen LogP contribution in [0.5, 0.6) is 5.75 Å². The Morgan fingerprint density at radius 1 is 1.22 bits per heavy atom. The first-order valence-corrected chi connectivity index (χ1v) is 10.6. The van der Waals surface area contributed by atoms with Gasteiger partial charge in [-0.3, -0.25) is 0 Å².